The van der Waals surface area contributed by atoms with E-state index in [0.29, 0.717) is 30.4 Å². The number of ether oxygens (including phenoxy) is 2. The van der Waals surface area contributed by atoms with Gasteiger partial charge in [-0.15, -0.1) is 0 Å². The SMILES string of the molecule is O=C(COc1ccc(Cl)c2ccccc12)NC(C(=O)O)C1CCCOC1. The summed E-state index contributed by atoms with van der Waals surface area (Å²) < 4.78 is 10.9. The highest BCUT2D eigenvalue weighted by molar-refractivity contribution is 6.35. The molecule has 1 amide bonds. The van der Waals surface area contributed by atoms with Gasteiger partial charge >= 0.3 is 5.97 Å². The molecule has 0 bridgehead atoms. The summed E-state index contributed by atoms with van der Waals surface area (Å²) in [6, 6.07) is 9.87. The number of fused-ring (bicyclic) bond motifs is 1. The third-order valence-electron chi connectivity index (χ3n) is 4.44. The lowest BCUT2D eigenvalue weighted by atomic mass is 9.93. The Bertz CT molecular complexity index is 804. The number of halogens is 1. The number of hydrogen-bond donors (Lipinski definition) is 2. The third-order valence-corrected chi connectivity index (χ3v) is 4.77. The van der Waals surface area contributed by atoms with Crippen molar-refractivity contribution < 1.29 is 24.2 Å². The molecule has 2 aromatic carbocycles. The quantitative estimate of drug-likeness (QED) is 0.808. The number of nitrogens with one attached hydrogen (secondary N) is 1. The Morgan fingerprint density at radius 3 is 2.73 bits per heavy atom. The molecule has 1 aliphatic heterocycles. The van der Waals surface area contributed by atoms with Gasteiger partial charge in [-0.25, -0.2) is 4.79 Å². The van der Waals surface area contributed by atoms with Gasteiger partial charge in [0.25, 0.3) is 5.91 Å². The molecule has 1 fully saturated rings. The molecule has 3 rings (SSSR count). The minimum absolute atomic E-state index is 0.235. The van der Waals surface area contributed by atoms with Crippen LogP contribution in [-0.2, 0) is 14.3 Å². The van der Waals surface area contributed by atoms with Crippen molar-refractivity contribution >= 4 is 34.2 Å². The first-order valence-electron chi connectivity index (χ1n) is 8.46. The van der Waals surface area contributed by atoms with E-state index in [1.165, 1.54) is 0 Å². The van der Waals surface area contributed by atoms with Crippen LogP contribution >= 0.6 is 11.6 Å². The minimum Gasteiger partial charge on any atom is -0.483 e. The largest absolute Gasteiger partial charge is 0.483 e. The average Bonchev–Trinajstić information content (AvgIpc) is 2.66. The van der Waals surface area contributed by atoms with Gasteiger partial charge in [-0.1, -0.05) is 35.9 Å². The van der Waals surface area contributed by atoms with Gasteiger partial charge in [0.15, 0.2) is 6.61 Å². The molecule has 26 heavy (non-hydrogen) atoms. The van der Waals surface area contributed by atoms with Crippen LogP contribution in [0.25, 0.3) is 10.8 Å². The van der Waals surface area contributed by atoms with Crippen LogP contribution in [0.2, 0.25) is 5.02 Å². The van der Waals surface area contributed by atoms with Gasteiger partial charge < -0.3 is 19.9 Å². The molecule has 7 heteroatoms. The monoisotopic (exact) mass is 377 g/mol. The van der Waals surface area contributed by atoms with Gasteiger partial charge in [0.1, 0.15) is 11.8 Å². The van der Waals surface area contributed by atoms with Crippen LogP contribution in [0.4, 0.5) is 0 Å². The number of carboxylic acids is 1. The molecule has 0 saturated carbocycles. The van der Waals surface area contributed by atoms with Crippen LogP contribution in [0, 0.1) is 5.92 Å². The molecule has 0 aliphatic carbocycles. The molecule has 2 atom stereocenters. The molecule has 6 nitrogen and oxygen atoms in total. The number of hydrogen-bond acceptors (Lipinski definition) is 4. The van der Waals surface area contributed by atoms with Crippen molar-refractivity contribution in [2.75, 3.05) is 19.8 Å². The Kier molecular flexibility index (Phi) is 5.96. The maximum absolute atomic E-state index is 12.2. The van der Waals surface area contributed by atoms with Crippen LogP contribution in [0.15, 0.2) is 36.4 Å². The van der Waals surface area contributed by atoms with Crippen molar-refractivity contribution in [3.63, 3.8) is 0 Å². The Labute approximate surface area is 156 Å². The lowest BCUT2D eigenvalue weighted by Crippen LogP contribution is -2.49. The van der Waals surface area contributed by atoms with Crippen LogP contribution in [-0.4, -0.2) is 42.8 Å². The van der Waals surface area contributed by atoms with Crippen molar-refractivity contribution in [2.24, 2.45) is 5.92 Å². The van der Waals surface area contributed by atoms with Crippen molar-refractivity contribution in [3.05, 3.63) is 41.4 Å². The Balaban J connectivity index is 1.65. The number of aliphatic carboxylic acids is 1. The summed E-state index contributed by atoms with van der Waals surface area (Å²) in [5.74, 6) is -1.26. The lowest BCUT2D eigenvalue weighted by molar-refractivity contribution is -0.145. The molecule has 2 aromatic rings. The molecule has 2 unspecified atom stereocenters. The van der Waals surface area contributed by atoms with E-state index < -0.39 is 17.9 Å². The lowest BCUT2D eigenvalue weighted by Gasteiger charge is -2.28. The maximum Gasteiger partial charge on any atom is 0.326 e. The van der Waals surface area contributed by atoms with E-state index in [1.807, 2.05) is 24.3 Å². The standard InChI is InChI=1S/C19H20ClNO5/c20-15-7-8-16(14-6-2-1-5-13(14)15)26-11-17(22)21-18(19(23)24)12-4-3-9-25-10-12/h1-2,5-8,12,18H,3-4,9-11H2,(H,21,22)(H,23,24). The zero-order valence-corrected chi connectivity index (χ0v) is 14.9. The smallest absolute Gasteiger partial charge is 0.326 e. The summed E-state index contributed by atoms with van der Waals surface area (Å²) in [6.07, 6.45) is 1.50. The molecule has 0 radical (unpaired) electrons. The first-order valence-corrected chi connectivity index (χ1v) is 8.84. The average molecular weight is 378 g/mol. The highest BCUT2D eigenvalue weighted by Crippen LogP contribution is 2.31. The topological polar surface area (TPSA) is 84.9 Å². The van der Waals surface area contributed by atoms with Crippen LogP contribution in [0.3, 0.4) is 0 Å². The Morgan fingerprint density at radius 2 is 2.04 bits per heavy atom. The second-order valence-electron chi connectivity index (χ2n) is 6.24. The van der Waals surface area contributed by atoms with Crippen LogP contribution in [0.1, 0.15) is 12.8 Å². The molecule has 0 spiro atoms. The summed E-state index contributed by atoms with van der Waals surface area (Å²) in [5.41, 5.74) is 0. The summed E-state index contributed by atoms with van der Waals surface area (Å²) >= 11 is 6.17. The van der Waals surface area contributed by atoms with Crippen molar-refractivity contribution in [1.29, 1.82) is 0 Å². The van der Waals surface area contributed by atoms with E-state index in [0.717, 1.165) is 17.2 Å². The number of rotatable bonds is 6. The summed E-state index contributed by atoms with van der Waals surface area (Å²) in [6.45, 7) is 0.687. The second-order valence-corrected chi connectivity index (χ2v) is 6.65. The van der Waals surface area contributed by atoms with Crippen LogP contribution < -0.4 is 10.1 Å². The first kappa shape index (κ1) is 18.5. The van der Waals surface area contributed by atoms with Crippen molar-refractivity contribution in [1.82, 2.24) is 5.32 Å². The molecule has 1 saturated heterocycles. The summed E-state index contributed by atoms with van der Waals surface area (Å²) in [5, 5.41) is 14.2. The molecule has 1 heterocycles. The van der Waals surface area contributed by atoms with Gasteiger partial charge in [-0.05, 0) is 25.0 Å². The predicted molar refractivity (Wildman–Crippen MR) is 97.6 cm³/mol. The zero-order valence-electron chi connectivity index (χ0n) is 14.1. The van der Waals surface area contributed by atoms with E-state index in [-0.39, 0.29) is 12.5 Å². The van der Waals surface area contributed by atoms with Gasteiger partial charge in [-0.2, -0.15) is 0 Å². The fourth-order valence-corrected chi connectivity index (χ4v) is 3.36. The van der Waals surface area contributed by atoms with E-state index in [9.17, 15) is 14.7 Å². The number of carboxylic acid groups (broad SMARTS) is 1. The molecule has 1 aliphatic rings. The Hall–Kier alpha value is -2.31. The number of carbonyl (C=O) groups excluding carboxylic acids is 1. The fraction of sp³-hybridized carbons (Fsp3) is 0.368. The minimum atomic E-state index is -1.06. The maximum atomic E-state index is 12.2. The summed E-state index contributed by atoms with van der Waals surface area (Å²) in [4.78, 5) is 23.7. The normalized spacial score (nSPS) is 18.3. The molecule has 2 N–H and O–H groups in total. The third kappa shape index (κ3) is 4.26. The highest BCUT2D eigenvalue weighted by atomic mass is 35.5. The number of benzene rings is 2. The molecule has 0 aromatic heterocycles. The van der Waals surface area contributed by atoms with E-state index >= 15 is 0 Å². The molecular formula is C19H20ClNO5. The summed E-state index contributed by atoms with van der Waals surface area (Å²) in [7, 11) is 0. The van der Waals surface area contributed by atoms with E-state index in [1.54, 1.807) is 12.1 Å². The zero-order chi connectivity index (χ0) is 18.5. The van der Waals surface area contributed by atoms with E-state index in [4.69, 9.17) is 21.1 Å². The Morgan fingerprint density at radius 1 is 1.27 bits per heavy atom. The highest BCUT2D eigenvalue weighted by Gasteiger charge is 2.31. The van der Waals surface area contributed by atoms with Gasteiger partial charge in [0.05, 0.1) is 6.61 Å². The molecule has 138 valence electrons. The number of amides is 1. The van der Waals surface area contributed by atoms with Crippen LogP contribution in [0.5, 0.6) is 5.75 Å². The number of carbonyl (C=O) groups is 2. The fourth-order valence-electron chi connectivity index (χ4n) is 3.13. The van der Waals surface area contributed by atoms with Crippen molar-refractivity contribution in [3.8, 4) is 5.75 Å². The van der Waals surface area contributed by atoms with Gasteiger partial charge in [0.2, 0.25) is 0 Å². The second kappa shape index (κ2) is 8.38. The van der Waals surface area contributed by atoms with Gasteiger partial charge in [0, 0.05) is 28.3 Å². The molecular weight excluding hydrogens is 358 g/mol. The predicted octanol–water partition coefficient (Wildman–Crippen LogP) is 2.87. The van der Waals surface area contributed by atoms with Gasteiger partial charge in [-0.3, -0.25) is 4.79 Å². The van der Waals surface area contributed by atoms with Crippen molar-refractivity contribution in [2.45, 2.75) is 18.9 Å². The van der Waals surface area contributed by atoms with E-state index in [2.05, 4.69) is 5.32 Å². The first-order chi connectivity index (χ1) is 12.6.